The Labute approximate surface area is 130 Å². The van der Waals surface area contributed by atoms with Gasteiger partial charge in [0.15, 0.2) is 0 Å². The lowest BCUT2D eigenvalue weighted by Gasteiger charge is -2.25. The van der Waals surface area contributed by atoms with Crippen LogP contribution in [0.3, 0.4) is 0 Å². The van der Waals surface area contributed by atoms with Crippen LogP contribution >= 0.6 is 35.8 Å². The largest absolute Gasteiger partial charge is 0.325 e. The first-order chi connectivity index (χ1) is 8.25. The molecule has 0 unspecified atom stereocenters. The predicted molar refractivity (Wildman–Crippen MR) is 86.5 cm³/mol. The molecule has 0 aliphatic rings. The van der Waals surface area contributed by atoms with Gasteiger partial charge in [-0.25, -0.2) is 0 Å². The molecule has 6 heteroatoms. The molecule has 1 atom stereocenters. The summed E-state index contributed by atoms with van der Waals surface area (Å²) in [6, 6.07) is 4.88. The van der Waals surface area contributed by atoms with Gasteiger partial charge >= 0.3 is 0 Å². The highest BCUT2D eigenvalue weighted by Gasteiger charge is 2.27. The quantitative estimate of drug-likeness (QED) is 0.832. The maximum atomic E-state index is 11.9. The number of anilines is 1. The minimum Gasteiger partial charge on any atom is -0.325 e. The Kier molecular flexibility index (Phi) is 7.22. The summed E-state index contributed by atoms with van der Waals surface area (Å²) in [5, 5.41) is 3.41. The summed E-state index contributed by atoms with van der Waals surface area (Å²) in [5.41, 5.74) is 6.29. The zero-order chi connectivity index (χ0) is 13.9. The van der Waals surface area contributed by atoms with E-state index in [1.807, 2.05) is 39.2 Å². The first kappa shape index (κ1) is 18.6. The SMILES string of the molecule is CSc1ccc(NC(=O)[C@@H](N)C(C)(C)C)cc1Cl.Cl. The van der Waals surface area contributed by atoms with E-state index in [4.69, 9.17) is 17.3 Å². The first-order valence-corrected chi connectivity index (χ1v) is 7.26. The Morgan fingerprint density at radius 3 is 2.42 bits per heavy atom. The van der Waals surface area contributed by atoms with E-state index in [1.165, 1.54) is 0 Å². The van der Waals surface area contributed by atoms with E-state index in [1.54, 1.807) is 17.8 Å². The number of halogens is 2. The van der Waals surface area contributed by atoms with Gasteiger partial charge in [-0.1, -0.05) is 32.4 Å². The maximum absolute atomic E-state index is 11.9. The van der Waals surface area contributed by atoms with E-state index in [2.05, 4.69) is 5.32 Å². The average Bonchev–Trinajstić information content (AvgIpc) is 2.27. The highest BCUT2D eigenvalue weighted by Crippen LogP contribution is 2.28. The fourth-order valence-corrected chi connectivity index (χ4v) is 2.23. The molecule has 19 heavy (non-hydrogen) atoms. The summed E-state index contributed by atoms with van der Waals surface area (Å²) in [6.45, 7) is 5.79. The Hall–Kier alpha value is -0.420. The zero-order valence-corrected chi connectivity index (χ0v) is 13.9. The summed E-state index contributed by atoms with van der Waals surface area (Å²) < 4.78 is 0. The minimum absolute atomic E-state index is 0. The number of thioether (sulfide) groups is 1. The van der Waals surface area contributed by atoms with Crippen LogP contribution in [0.15, 0.2) is 23.1 Å². The Morgan fingerprint density at radius 1 is 1.42 bits per heavy atom. The summed E-state index contributed by atoms with van der Waals surface area (Å²) >= 11 is 7.64. The molecule has 0 saturated heterocycles. The van der Waals surface area contributed by atoms with Gasteiger partial charge in [0.1, 0.15) is 0 Å². The van der Waals surface area contributed by atoms with Crippen molar-refractivity contribution in [2.24, 2.45) is 11.1 Å². The number of benzene rings is 1. The standard InChI is InChI=1S/C13H19ClN2OS.ClH/c1-13(2,3)11(15)12(17)16-8-5-6-10(18-4)9(14)7-8;/h5-7,11H,15H2,1-4H3,(H,16,17);1H/t11-;/m1./s1. The van der Waals surface area contributed by atoms with Gasteiger partial charge in [0.05, 0.1) is 11.1 Å². The molecule has 0 saturated carbocycles. The second kappa shape index (κ2) is 7.39. The van der Waals surface area contributed by atoms with Crippen LogP contribution in [0.1, 0.15) is 20.8 Å². The number of carbonyl (C=O) groups excluding carboxylic acids is 1. The second-order valence-corrected chi connectivity index (χ2v) is 6.44. The lowest BCUT2D eigenvalue weighted by atomic mass is 9.87. The van der Waals surface area contributed by atoms with Gasteiger partial charge in [-0.3, -0.25) is 4.79 Å². The van der Waals surface area contributed by atoms with Crippen molar-refractivity contribution in [3.8, 4) is 0 Å². The van der Waals surface area contributed by atoms with Gasteiger partial charge in [-0.2, -0.15) is 0 Å². The Morgan fingerprint density at radius 2 is 2.00 bits per heavy atom. The monoisotopic (exact) mass is 322 g/mol. The van der Waals surface area contributed by atoms with Crippen molar-refractivity contribution in [2.75, 3.05) is 11.6 Å². The van der Waals surface area contributed by atoms with Gasteiger partial charge in [-0.15, -0.1) is 24.2 Å². The number of amides is 1. The molecular weight excluding hydrogens is 303 g/mol. The van der Waals surface area contributed by atoms with Crippen molar-refractivity contribution in [2.45, 2.75) is 31.7 Å². The van der Waals surface area contributed by atoms with Crippen LogP contribution in [0.2, 0.25) is 5.02 Å². The molecule has 0 aromatic heterocycles. The molecule has 0 fully saturated rings. The van der Waals surface area contributed by atoms with Crippen LogP contribution in [0, 0.1) is 5.41 Å². The molecule has 0 aliphatic heterocycles. The third kappa shape index (κ3) is 5.22. The molecule has 1 aromatic rings. The van der Waals surface area contributed by atoms with Crippen molar-refractivity contribution < 1.29 is 4.79 Å². The first-order valence-electron chi connectivity index (χ1n) is 5.65. The van der Waals surface area contributed by atoms with Crippen LogP contribution in [0.25, 0.3) is 0 Å². The molecule has 0 bridgehead atoms. The number of hydrogen-bond acceptors (Lipinski definition) is 3. The van der Waals surface area contributed by atoms with Gasteiger partial charge in [0.2, 0.25) is 5.91 Å². The van der Waals surface area contributed by atoms with Gasteiger partial charge in [0.25, 0.3) is 0 Å². The van der Waals surface area contributed by atoms with E-state index >= 15 is 0 Å². The third-order valence-electron chi connectivity index (χ3n) is 2.63. The number of rotatable bonds is 3. The van der Waals surface area contributed by atoms with Gasteiger partial charge in [0, 0.05) is 10.6 Å². The molecule has 1 aromatic carbocycles. The van der Waals surface area contributed by atoms with Crippen molar-refractivity contribution >= 4 is 47.4 Å². The van der Waals surface area contributed by atoms with E-state index in [9.17, 15) is 4.79 Å². The van der Waals surface area contributed by atoms with E-state index in [-0.39, 0.29) is 23.7 Å². The second-order valence-electron chi connectivity index (χ2n) is 5.18. The molecule has 1 rings (SSSR count). The van der Waals surface area contributed by atoms with Crippen molar-refractivity contribution in [3.63, 3.8) is 0 Å². The molecule has 0 heterocycles. The molecule has 3 nitrogen and oxygen atoms in total. The van der Waals surface area contributed by atoms with Gasteiger partial charge in [-0.05, 0) is 29.9 Å². The number of nitrogens with two attached hydrogens (primary N) is 1. The van der Waals surface area contributed by atoms with Crippen LogP contribution in [-0.4, -0.2) is 18.2 Å². The molecule has 1 amide bonds. The fraction of sp³-hybridized carbons (Fsp3) is 0.462. The highest BCUT2D eigenvalue weighted by molar-refractivity contribution is 7.98. The Bertz CT molecular complexity index is 447. The van der Waals surface area contributed by atoms with E-state index in [0.29, 0.717) is 10.7 Å². The topological polar surface area (TPSA) is 55.1 Å². The molecule has 0 aliphatic carbocycles. The van der Waals surface area contributed by atoms with Gasteiger partial charge < -0.3 is 11.1 Å². The van der Waals surface area contributed by atoms with Crippen molar-refractivity contribution in [1.29, 1.82) is 0 Å². The summed E-state index contributed by atoms with van der Waals surface area (Å²) in [5.74, 6) is -0.199. The summed E-state index contributed by atoms with van der Waals surface area (Å²) in [6.07, 6.45) is 1.95. The Balaban J connectivity index is 0.00000324. The smallest absolute Gasteiger partial charge is 0.241 e. The minimum atomic E-state index is -0.559. The molecular formula is C13H20Cl2N2OS. The number of hydrogen-bond donors (Lipinski definition) is 2. The van der Waals surface area contributed by atoms with Crippen molar-refractivity contribution in [1.82, 2.24) is 0 Å². The van der Waals surface area contributed by atoms with Crippen LogP contribution < -0.4 is 11.1 Å². The highest BCUT2D eigenvalue weighted by atomic mass is 35.5. The lowest BCUT2D eigenvalue weighted by molar-refractivity contribution is -0.119. The lowest BCUT2D eigenvalue weighted by Crippen LogP contribution is -2.45. The van der Waals surface area contributed by atoms with Crippen LogP contribution in [-0.2, 0) is 4.79 Å². The third-order valence-corrected chi connectivity index (χ3v) is 3.86. The van der Waals surface area contributed by atoms with E-state index in [0.717, 1.165) is 4.90 Å². The molecule has 108 valence electrons. The van der Waals surface area contributed by atoms with Crippen molar-refractivity contribution in [3.05, 3.63) is 23.2 Å². The van der Waals surface area contributed by atoms with Crippen LogP contribution in [0.4, 0.5) is 5.69 Å². The van der Waals surface area contributed by atoms with Crippen LogP contribution in [0.5, 0.6) is 0 Å². The number of carbonyl (C=O) groups is 1. The normalized spacial score (nSPS) is 12.5. The average molecular weight is 323 g/mol. The van der Waals surface area contributed by atoms with E-state index < -0.39 is 6.04 Å². The molecule has 0 radical (unpaired) electrons. The fourth-order valence-electron chi connectivity index (χ4n) is 1.36. The molecule has 3 N–H and O–H groups in total. The summed E-state index contributed by atoms with van der Waals surface area (Å²) in [7, 11) is 0. The maximum Gasteiger partial charge on any atom is 0.241 e. The molecule has 0 spiro atoms. The number of nitrogens with one attached hydrogen (secondary N) is 1. The summed E-state index contributed by atoms with van der Waals surface area (Å²) in [4.78, 5) is 12.9. The zero-order valence-electron chi connectivity index (χ0n) is 11.5. The predicted octanol–water partition coefficient (Wildman–Crippen LogP) is 3.80.